The van der Waals surface area contributed by atoms with E-state index in [0.717, 1.165) is 12.8 Å². The van der Waals surface area contributed by atoms with E-state index in [-0.39, 0.29) is 11.8 Å². The molecule has 1 radical (unpaired) electrons. The van der Waals surface area contributed by atoms with Crippen LogP contribution < -0.4 is 0 Å². The van der Waals surface area contributed by atoms with E-state index in [0.29, 0.717) is 0 Å². The average Bonchev–Trinajstić information content (AvgIpc) is 2.12. The number of hydrogen-bond donors (Lipinski definition) is 0. The lowest BCUT2D eigenvalue weighted by molar-refractivity contribution is -0.145. The minimum absolute atomic E-state index is 0.0544. The third-order valence-electron chi connectivity index (χ3n) is 2.38. The molecule has 0 aromatic rings. The highest BCUT2D eigenvalue weighted by atomic mass is 16.4. The second-order valence-electron chi connectivity index (χ2n) is 3.57. The largest absolute Gasteiger partial charge is 0.356 e. The van der Waals surface area contributed by atoms with E-state index in [4.69, 9.17) is 0 Å². The van der Waals surface area contributed by atoms with Gasteiger partial charge in [-0.15, -0.1) is 0 Å². The Kier molecular flexibility index (Phi) is 1.97. The zero-order chi connectivity index (χ0) is 7.61. The third-order valence-corrected chi connectivity index (χ3v) is 2.38. The predicted octanol–water partition coefficient (Wildman–Crippen LogP) is 1.91. The van der Waals surface area contributed by atoms with Crippen LogP contribution in [0.4, 0.5) is 0 Å². The van der Waals surface area contributed by atoms with Crippen LogP contribution >= 0.6 is 0 Å². The number of rotatable bonds is 2. The summed E-state index contributed by atoms with van der Waals surface area (Å²) in [5.74, 6) is -0.899. The first-order valence-corrected chi connectivity index (χ1v) is 3.82. The van der Waals surface area contributed by atoms with E-state index in [1.54, 1.807) is 0 Å². The van der Waals surface area contributed by atoms with Gasteiger partial charge in [0.2, 0.25) is 0 Å². The first-order valence-electron chi connectivity index (χ1n) is 3.82. The second-order valence-corrected chi connectivity index (χ2v) is 3.57. The number of carbonyl (C=O) groups is 1. The van der Waals surface area contributed by atoms with Crippen molar-refractivity contribution in [3.8, 4) is 0 Å². The van der Waals surface area contributed by atoms with Crippen LogP contribution in [-0.4, -0.2) is 5.97 Å². The van der Waals surface area contributed by atoms with Crippen molar-refractivity contribution < 1.29 is 9.90 Å². The van der Waals surface area contributed by atoms with Crippen molar-refractivity contribution in [3.63, 3.8) is 0 Å². The molecule has 0 aromatic heterocycles. The molecule has 0 saturated heterocycles. The molecule has 0 aliphatic heterocycles. The van der Waals surface area contributed by atoms with E-state index in [2.05, 4.69) is 0 Å². The van der Waals surface area contributed by atoms with E-state index >= 15 is 0 Å². The first-order chi connectivity index (χ1) is 4.62. The van der Waals surface area contributed by atoms with Gasteiger partial charge in [-0.1, -0.05) is 19.8 Å². The van der Waals surface area contributed by atoms with Gasteiger partial charge in [0.1, 0.15) is 0 Å². The smallest absolute Gasteiger partial charge is 0.247 e. The van der Waals surface area contributed by atoms with Crippen LogP contribution in [0.25, 0.3) is 0 Å². The summed E-state index contributed by atoms with van der Waals surface area (Å²) in [7, 11) is 0. The van der Waals surface area contributed by atoms with Gasteiger partial charge >= 0.3 is 5.97 Å². The molecule has 0 aromatic carbocycles. The van der Waals surface area contributed by atoms with Gasteiger partial charge in [0, 0.05) is 0 Å². The Balaban J connectivity index is 2.43. The molecule has 1 fully saturated rings. The molecule has 2 nitrogen and oxygen atoms in total. The summed E-state index contributed by atoms with van der Waals surface area (Å²) < 4.78 is 0. The lowest BCUT2D eigenvalue weighted by Gasteiger charge is -2.19. The molecule has 1 aliphatic rings. The van der Waals surface area contributed by atoms with Crippen molar-refractivity contribution in [3.05, 3.63) is 0 Å². The predicted molar refractivity (Wildman–Crippen MR) is 36.9 cm³/mol. The molecule has 57 valence electrons. The average molecular weight is 141 g/mol. The molecule has 10 heavy (non-hydrogen) atoms. The van der Waals surface area contributed by atoms with E-state index in [9.17, 15) is 9.90 Å². The molecular formula is C8H13O2. The maximum Gasteiger partial charge on any atom is 0.356 e. The lowest BCUT2D eigenvalue weighted by atomic mass is 9.85. The molecule has 0 heterocycles. The molecule has 0 bridgehead atoms. The van der Waals surface area contributed by atoms with Crippen LogP contribution in [0, 0.1) is 5.41 Å². The topological polar surface area (TPSA) is 37.0 Å². The van der Waals surface area contributed by atoms with Gasteiger partial charge in [-0.25, -0.2) is 9.90 Å². The van der Waals surface area contributed by atoms with Crippen LogP contribution in [0.3, 0.4) is 0 Å². The van der Waals surface area contributed by atoms with Crippen LogP contribution in [0.1, 0.15) is 39.0 Å². The highest BCUT2D eigenvalue weighted by molar-refractivity contribution is 5.67. The van der Waals surface area contributed by atoms with Gasteiger partial charge in [-0.05, 0) is 18.3 Å². The van der Waals surface area contributed by atoms with Gasteiger partial charge in [0.15, 0.2) is 0 Å². The molecule has 1 aliphatic carbocycles. The van der Waals surface area contributed by atoms with Crippen LogP contribution in [0.5, 0.6) is 0 Å². The van der Waals surface area contributed by atoms with Crippen molar-refractivity contribution in [2.45, 2.75) is 39.0 Å². The zero-order valence-electron chi connectivity index (χ0n) is 6.35. The van der Waals surface area contributed by atoms with Gasteiger partial charge in [0.25, 0.3) is 0 Å². The highest BCUT2D eigenvalue weighted by Gasteiger charge is 2.31. The minimum atomic E-state index is -0.899. The summed E-state index contributed by atoms with van der Waals surface area (Å²) in [4.78, 5) is 10.2. The third kappa shape index (κ3) is 1.72. The monoisotopic (exact) mass is 141 g/mol. The van der Waals surface area contributed by atoms with Gasteiger partial charge in [0.05, 0.1) is 6.42 Å². The van der Waals surface area contributed by atoms with E-state index < -0.39 is 5.97 Å². The molecule has 2 heteroatoms. The molecule has 0 spiro atoms. The van der Waals surface area contributed by atoms with Crippen molar-refractivity contribution in [2.24, 2.45) is 5.41 Å². The molecule has 0 amide bonds. The second kappa shape index (κ2) is 2.60. The molecule has 0 N–H and O–H groups in total. The van der Waals surface area contributed by atoms with Crippen LogP contribution in [0.2, 0.25) is 0 Å². The fraction of sp³-hybridized carbons (Fsp3) is 0.875. The van der Waals surface area contributed by atoms with Crippen LogP contribution in [-0.2, 0) is 9.90 Å². The van der Waals surface area contributed by atoms with Crippen molar-refractivity contribution in [1.82, 2.24) is 0 Å². The summed E-state index contributed by atoms with van der Waals surface area (Å²) in [5, 5.41) is 10.2. The molecule has 0 unspecified atom stereocenters. The quantitative estimate of drug-likeness (QED) is 0.578. The number of carbonyl (C=O) groups excluding carboxylic acids is 1. The Morgan fingerprint density at radius 3 is 2.30 bits per heavy atom. The summed E-state index contributed by atoms with van der Waals surface area (Å²) in [6, 6.07) is 0. The zero-order valence-corrected chi connectivity index (χ0v) is 6.35. The maximum absolute atomic E-state index is 10.2. The van der Waals surface area contributed by atoms with Crippen LogP contribution in [0.15, 0.2) is 0 Å². The molecule has 1 saturated carbocycles. The number of hydrogen-bond acceptors (Lipinski definition) is 1. The highest BCUT2D eigenvalue weighted by Crippen LogP contribution is 2.40. The molecular weight excluding hydrogens is 128 g/mol. The Labute approximate surface area is 61.2 Å². The van der Waals surface area contributed by atoms with E-state index in [1.165, 1.54) is 12.8 Å². The summed E-state index contributed by atoms with van der Waals surface area (Å²) in [6.07, 6.45) is 4.72. The Morgan fingerprint density at radius 2 is 1.90 bits per heavy atom. The SMILES string of the molecule is CC1(CC([O])=O)CCCC1. The van der Waals surface area contributed by atoms with Crippen molar-refractivity contribution in [1.29, 1.82) is 0 Å². The Hall–Kier alpha value is -0.530. The van der Waals surface area contributed by atoms with Gasteiger partial charge in [-0.3, -0.25) is 0 Å². The Morgan fingerprint density at radius 1 is 1.40 bits per heavy atom. The summed E-state index contributed by atoms with van der Waals surface area (Å²) in [6.45, 7) is 2.04. The molecule has 0 atom stereocenters. The molecule has 1 rings (SSSR count). The lowest BCUT2D eigenvalue weighted by Crippen LogP contribution is -2.15. The minimum Gasteiger partial charge on any atom is -0.247 e. The van der Waals surface area contributed by atoms with Crippen molar-refractivity contribution in [2.75, 3.05) is 0 Å². The summed E-state index contributed by atoms with van der Waals surface area (Å²) >= 11 is 0. The van der Waals surface area contributed by atoms with Gasteiger partial charge in [-0.2, -0.15) is 0 Å². The fourth-order valence-electron chi connectivity index (χ4n) is 1.75. The van der Waals surface area contributed by atoms with Crippen molar-refractivity contribution >= 4 is 5.97 Å². The normalized spacial score (nSPS) is 22.9. The Bertz CT molecular complexity index is 134. The van der Waals surface area contributed by atoms with E-state index in [1.807, 2.05) is 6.92 Å². The summed E-state index contributed by atoms with van der Waals surface area (Å²) in [5.41, 5.74) is 0.0544. The van der Waals surface area contributed by atoms with Gasteiger partial charge < -0.3 is 0 Å². The standard InChI is InChI=1S/C8H13O2/c1-8(6-7(9)10)4-2-3-5-8/h2-6H2,1H3. The fourth-order valence-corrected chi connectivity index (χ4v) is 1.75. The first kappa shape index (κ1) is 7.58. The maximum atomic E-state index is 10.2.